The highest BCUT2D eigenvalue weighted by molar-refractivity contribution is 7.99. The molecule has 1 N–H and O–H groups in total. The van der Waals surface area contributed by atoms with Crippen molar-refractivity contribution in [2.75, 3.05) is 12.4 Å². The lowest BCUT2D eigenvalue weighted by Gasteiger charge is -2.06. The Bertz CT molecular complexity index is 908. The van der Waals surface area contributed by atoms with Crippen LogP contribution in [0.15, 0.2) is 88.9 Å². The third kappa shape index (κ3) is 6.28. The Morgan fingerprint density at radius 2 is 1.71 bits per heavy atom. The fourth-order valence-corrected chi connectivity index (χ4v) is 3.15. The van der Waals surface area contributed by atoms with Gasteiger partial charge < -0.3 is 4.74 Å². The number of benzene rings is 3. The molecule has 0 aliphatic heterocycles. The number of ether oxygens (including phenoxy) is 1. The van der Waals surface area contributed by atoms with Crippen LogP contribution in [0.25, 0.3) is 0 Å². The SMILES string of the molecule is Cc1ccc(SCCOc2ccc(/C=N\NC(=O)c3ccccc3)cc2)cc1. The van der Waals surface area contributed by atoms with E-state index in [-0.39, 0.29) is 5.91 Å². The van der Waals surface area contributed by atoms with Gasteiger partial charge in [-0.2, -0.15) is 5.10 Å². The number of hydrogen-bond donors (Lipinski definition) is 1. The molecule has 3 rings (SSSR count). The molecule has 0 bridgehead atoms. The Labute approximate surface area is 169 Å². The Morgan fingerprint density at radius 1 is 1.00 bits per heavy atom. The van der Waals surface area contributed by atoms with Crippen LogP contribution in [0.4, 0.5) is 0 Å². The number of hydrogen-bond acceptors (Lipinski definition) is 4. The summed E-state index contributed by atoms with van der Waals surface area (Å²) in [4.78, 5) is 13.2. The molecule has 0 spiro atoms. The summed E-state index contributed by atoms with van der Waals surface area (Å²) < 4.78 is 5.77. The van der Waals surface area contributed by atoms with Crippen LogP contribution in [0, 0.1) is 6.92 Å². The molecule has 142 valence electrons. The number of nitrogens with zero attached hydrogens (tertiary/aromatic N) is 1. The summed E-state index contributed by atoms with van der Waals surface area (Å²) in [5, 5.41) is 3.99. The number of carbonyl (C=O) groups is 1. The van der Waals surface area contributed by atoms with E-state index in [1.807, 2.05) is 42.5 Å². The highest BCUT2D eigenvalue weighted by Gasteiger charge is 2.01. The van der Waals surface area contributed by atoms with Crippen LogP contribution in [-0.4, -0.2) is 24.5 Å². The van der Waals surface area contributed by atoms with Crippen molar-refractivity contribution in [3.63, 3.8) is 0 Å². The first-order valence-corrected chi connectivity index (χ1v) is 10.00. The Balaban J connectivity index is 1.40. The van der Waals surface area contributed by atoms with Crippen molar-refractivity contribution < 1.29 is 9.53 Å². The van der Waals surface area contributed by atoms with Gasteiger partial charge in [-0.15, -0.1) is 11.8 Å². The van der Waals surface area contributed by atoms with Crippen LogP contribution in [-0.2, 0) is 0 Å². The molecular formula is C23H22N2O2S. The van der Waals surface area contributed by atoms with Gasteiger partial charge in [0.1, 0.15) is 5.75 Å². The van der Waals surface area contributed by atoms with E-state index >= 15 is 0 Å². The average molecular weight is 391 g/mol. The molecule has 3 aromatic carbocycles. The van der Waals surface area contributed by atoms with Gasteiger partial charge >= 0.3 is 0 Å². The van der Waals surface area contributed by atoms with Gasteiger partial charge in [0.25, 0.3) is 5.91 Å². The maximum atomic E-state index is 11.9. The lowest BCUT2D eigenvalue weighted by Crippen LogP contribution is -2.17. The summed E-state index contributed by atoms with van der Waals surface area (Å²) in [6.07, 6.45) is 1.61. The quantitative estimate of drug-likeness (QED) is 0.257. The van der Waals surface area contributed by atoms with E-state index in [1.54, 1.807) is 30.1 Å². The minimum Gasteiger partial charge on any atom is -0.493 e. The molecule has 0 saturated heterocycles. The standard InChI is InChI=1S/C23H22N2O2S/c1-18-7-13-22(14-8-18)28-16-15-27-21-11-9-19(10-12-21)17-24-25-23(26)20-5-3-2-4-6-20/h2-14,17H,15-16H2,1H3,(H,25,26)/b24-17-. The second kappa shape index (κ2) is 10.3. The Hall–Kier alpha value is -3.05. The van der Waals surface area contributed by atoms with Gasteiger partial charge in [0, 0.05) is 16.2 Å². The van der Waals surface area contributed by atoms with Crippen LogP contribution in [0.5, 0.6) is 5.75 Å². The van der Waals surface area contributed by atoms with E-state index in [4.69, 9.17) is 4.74 Å². The second-order valence-electron chi connectivity index (χ2n) is 6.14. The molecule has 3 aromatic rings. The first-order chi connectivity index (χ1) is 13.7. The van der Waals surface area contributed by atoms with Crippen molar-refractivity contribution >= 4 is 23.9 Å². The van der Waals surface area contributed by atoms with Crippen molar-refractivity contribution in [3.05, 3.63) is 95.6 Å². The predicted molar refractivity (Wildman–Crippen MR) is 115 cm³/mol. The summed E-state index contributed by atoms with van der Waals surface area (Å²) in [6, 6.07) is 25.1. The number of carbonyl (C=O) groups excluding carboxylic acids is 1. The third-order valence-electron chi connectivity index (χ3n) is 3.94. The van der Waals surface area contributed by atoms with Crippen molar-refractivity contribution in [2.24, 2.45) is 5.10 Å². The summed E-state index contributed by atoms with van der Waals surface area (Å²) in [5.41, 5.74) is 5.25. The Kier molecular flexibility index (Phi) is 7.27. The van der Waals surface area contributed by atoms with Gasteiger partial charge in [0.2, 0.25) is 0 Å². The molecule has 0 aliphatic carbocycles. The van der Waals surface area contributed by atoms with Crippen molar-refractivity contribution in [1.82, 2.24) is 5.43 Å². The Morgan fingerprint density at radius 3 is 2.43 bits per heavy atom. The number of amides is 1. The molecule has 0 unspecified atom stereocenters. The molecule has 4 nitrogen and oxygen atoms in total. The minimum atomic E-state index is -0.233. The summed E-state index contributed by atoms with van der Waals surface area (Å²) in [6.45, 7) is 2.72. The molecule has 0 fully saturated rings. The zero-order valence-electron chi connectivity index (χ0n) is 15.7. The molecular weight excluding hydrogens is 368 g/mol. The molecule has 28 heavy (non-hydrogen) atoms. The predicted octanol–water partition coefficient (Wildman–Crippen LogP) is 4.93. The largest absolute Gasteiger partial charge is 0.493 e. The lowest BCUT2D eigenvalue weighted by atomic mass is 10.2. The van der Waals surface area contributed by atoms with Crippen molar-refractivity contribution in [1.29, 1.82) is 0 Å². The first-order valence-electron chi connectivity index (χ1n) is 9.01. The van der Waals surface area contributed by atoms with Crippen LogP contribution in [0.3, 0.4) is 0 Å². The monoisotopic (exact) mass is 390 g/mol. The molecule has 0 atom stereocenters. The van der Waals surface area contributed by atoms with E-state index in [0.29, 0.717) is 12.2 Å². The van der Waals surface area contributed by atoms with Gasteiger partial charge in [-0.25, -0.2) is 5.43 Å². The maximum absolute atomic E-state index is 11.9. The summed E-state index contributed by atoms with van der Waals surface area (Å²) in [5.74, 6) is 1.47. The molecule has 0 radical (unpaired) electrons. The summed E-state index contributed by atoms with van der Waals surface area (Å²) in [7, 11) is 0. The van der Waals surface area contributed by atoms with E-state index in [0.717, 1.165) is 17.1 Å². The maximum Gasteiger partial charge on any atom is 0.271 e. The fraction of sp³-hybridized carbons (Fsp3) is 0.130. The molecule has 0 aromatic heterocycles. The number of aryl methyl sites for hydroxylation is 1. The minimum absolute atomic E-state index is 0.233. The van der Waals surface area contributed by atoms with Crippen LogP contribution in [0.2, 0.25) is 0 Å². The highest BCUT2D eigenvalue weighted by atomic mass is 32.2. The second-order valence-corrected chi connectivity index (χ2v) is 7.31. The van der Waals surface area contributed by atoms with Gasteiger partial charge in [0.05, 0.1) is 12.8 Å². The van der Waals surface area contributed by atoms with Crippen LogP contribution >= 0.6 is 11.8 Å². The smallest absolute Gasteiger partial charge is 0.271 e. The van der Waals surface area contributed by atoms with E-state index < -0.39 is 0 Å². The molecule has 0 saturated carbocycles. The van der Waals surface area contributed by atoms with Crippen LogP contribution < -0.4 is 10.2 Å². The van der Waals surface area contributed by atoms with Crippen molar-refractivity contribution in [3.8, 4) is 5.75 Å². The molecule has 1 amide bonds. The van der Waals surface area contributed by atoms with Crippen molar-refractivity contribution in [2.45, 2.75) is 11.8 Å². The zero-order chi connectivity index (χ0) is 19.6. The normalized spacial score (nSPS) is 10.8. The summed E-state index contributed by atoms with van der Waals surface area (Å²) >= 11 is 1.78. The van der Waals surface area contributed by atoms with Gasteiger partial charge in [-0.1, -0.05) is 35.9 Å². The topological polar surface area (TPSA) is 50.7 Å². The number of rotatable bonds is 8. The van der Waals surface area contributed by atoms with Gasteiger partial charge in [-0.3, -0.25) is 4.79 Å². The third-order valence-corrected chi connectivity index (χ3v) is 4.91. The van der Waals surface area contributed by atoms with E-state index in [1.165, 1.54) is 10.5 Å². The van der Waals surface area contributed by atoms with Gasteiger partial charge in [-0.05, 0) is 61.0 Å². The first kappa shape index (κ1) is 19.7. The van der Waals surface area contributed by atoms with E-state index in [2.05, 4.69) is 41.7 Å². The average Bonchev–Trinajstić information content (AvgIpc) is 2.74. The molecule has 5 heteroatoms. The van der Waals surface area contributed by atoms with Crippen LogP contribution in [0.1, 0.15) is 21.5 Å². The number of hydrazone groups is 1. The van der Waals surface area contributed by atoms with Gasteiger partial charge in [0.15, 0.2) is 0 Å². The highest BCUT2D eigenvalue weighted by Crippen LogP contribution is 2.18. The van der Waals surface area contributed by atoms with E-state index in [9.17, 15) is 4.79 Å². The number of thioether (sulfide) groups is 1. The molecule has 0 aliphatic rings. The zero-order valence-corrected chi connectivity index (χ0v) is 16.5. The number of nitrogens with one attached hydrogen (secondary N) is 1. The lowest BCUT2D eigenvalue weighted by molar-refractivity contribution is 0.0955. The fourth-order valence-electron chi connectivity index (χ4n) is 2.42. The molecule has 0 heterocycles.